The molecule has 2 aliphatic heterocycles. The number of hydrogen-bond donors (Lipinski definition) is 1. The van der Waals surface area contributed by atoms with Crippen LogP contribution in [-0.2, 0) is 16.1 Å². The number of likely N-dealkylation sites (tertiary alicyclic amines) is 1. The van der Waals surface area contributed by atoms with Gasteiger partial charge in [0.15, 0.2) is 0 Å². The number of hydrogen-bond acceptors (Lipinski definition) is 3. The highest BCUT2D eigenvalue weighted by Crippen LogP contribution is 2.25. The molecule has 20 heavy (non-hydrogen) atoms. The van der Waals surface area contributed by atoms with Gasteiger partial charge < -0.3 is 15.0 Å². The van der Waals surface area contributed by atoms with Crippen LogP contribution in [0.5, 0.6) is 0 Å². The van der Waals surface area contributed by atoms with Gasteiger partial charge in [0.25, 0.3) is 0 Å². The van der Waals surface area contributed by atoms with Gasteiger partial charge in [-0.05, 0) is 17.9 Å². The van der Waals surface area contributed by atoms with Gasteiger partial charge in [0, 0.05) is 19.6 Å². The van der Waals surface area contributed by atoms with Gasteiger partial charge in [-0.15, -0.1) is 0 Å². The van der Waals surface area contributed by atoms with Crippen molar-refractivity contribution in [2.24, 2.45) is 11.8 Å². The van der Waals surface area contributed by atoms with Crippen LogP contribution in [0.3, 0.4) is 0 Å². The number of rotatable bonds is 2. The smallest absolute Gasteiger partial charge is 0.410 e. The molecule has 106 valence electrons. The van der Waals surface area contributed by atoms with Crippen LogP contribution in [-0.4, -0.2) is 36.5 Å². The van der Waals surface area contributed by atoms with Crippen molar-refractivity contribution in [3.63, 3.8) is 0 Å². The van der Waals surface area contributed by atoms with Crippen LogP contribution in [0.4, 0.5) is 4.79 Å². The molecular formula is C15H18N2O3. The Morgan fingerprint density at radius 2 is 2.10 bits per heavy atom. The van der Waals surface area contributed by atoms with Crippen LogP contribution in [0.15, 0.2) is 30.3 Å². The molecule has 5 nitrogen and oxygen atoms in total. The van der Waals surface area contributed by atoms with Crippen molar-refractivity contribution < 1.29 is 14.3 Å². The van der Waals surface area contributed by atoms with Crippen LogP contribution >= 0.6 is 0 Å². The van der Waals surface area contributed by atoms with Gasteiger partial charge in [0.1, 0.15) is 6.61 Å². The SMILES string of the molecule is O=C1NCC2C[C@H]1CN(C(=O)OCc1ccccc1)C2. The summed E-state index contributed by atoms with van der Waals surface area (Å²) >= 11 is 0. The summed E-state index contributed by atoms with van der Waals surface area (Å²) < 4.78 is 5.32. The first-order valence-corrected chi connectivity index (χ1v) is 6.95. The zero-order valence-electron chi connectivity index (χ0n) is 11.2. The number of nitrogens with zero attached hydrogens (tertiary/aromatic N) is 1. The fourth-order valence-electron chi connectivity index (χ4n) is 2.89. The van der Waals surface area contributed by atoms with E-state index in [-0.39, 0.29) is 24.5 Å². The number of amides is 2. The molecule has 0 aromatic heterocycles. The van der Waals surface area contributed by atoms with Gasteiger partial charge in [0.05, 0.1) is 5.92 Å². The fraction of sp³-hybridized carbons (Fsp3) is 0.467. The zero-order valence-corrected chi connectivity index (χ0v) is 11.2. The summed E-state index contributed by atoms with van der Waals surface area (Å²) in [5.74, 6) is 0.337. The van der Waals surface area contributed by atoms with E-state index in [1.54, 1.807) is 4.90 Å². The summed E-state index contributed by atoms with van der Waals surface area (Å²) in [4.78, 5) is 25.4. The molecule has 0 saturated carbocycles. The fourth-order valence-corrected chi connectivity index (χ4v) is 2.89. The van der Waals surface area contributed by atoms with Crippen LogP contribution in [0.25, 0.3) is 0 Å². The molecule has 1 aromatic rings. The topological polar surface area (TPSA) is 58.6 Å². The van der Waals surface area contributed by atoms with Crippen LogP contribution in [0, 0.1) is 11.8 Å². The summed E-state index contributed by atoms with van der Waals surface area (Å²) in [6.45, 7) is 2.08. The Morgan fingerprint density at radius 3 is 2.90 bits per heavy atom. The maximum absolute atomic E-state index is 12.1. The predicted octanol–water partition coefficient (Wildman–Crippen LogP) is 1.39. The summed E-state index contributed by atoms with van der Waals surface area (Å²) in [5, 5.41) is 2.88. The van der Waals surface area contributed by atoms with E-state index >= 15 is 0 Å². The lowest BCUT2D eigenvalue weighted by molar-refractivity contribution is -0.130. The van der Waals surface area contributed by atoms with Gasteiger partial charge in [-0.1, -0.05) is 30.3 Å². The summed E-state index contributed by atoms with van der Waals surface area (Å²) in [5.41, 5.74) is 0.968. The second-order valence-corrected chi connectivity index (χ2v) is 5.49. The molecule has 0 aliphatic carbocycles. The van der Waals surface area contributed by atoms with E-state index < -0.39 is 0 Å². The van der Waals surface area contributed by atoms with Crippen molar-refractivity contribution in [3.05, 3.63) is 35.9 Å². The minimum absolute atomic E-state index is 0.0572. The molecule has 2 amide bonds. The van der Waals surface area contributed by atoms with Crippen molar-refractivity contribution in [3.8, 4) is 0 Å². The van der Waals surface area contributed by atoms with Crippen LogP contribution < -0.4 is 5.32 Å². The monoisotopic (exact) mass is 274 g/mol. The summed E-state index contributed by atoms with van der Waals surface area (Å²) in [7, 11) is 0. The highest BCUT2D eigenvalue weighted by atomic mass is 16.6. The number of nitrogens with one attached hydrogen (secondary N) is 1. The molecule has 1 N–H and O–H groups in total. The van der Waals surface area contributed by atoms with E-state index in [0.717, 1.165) is 12.0 Å². The van der Waals surface area contributed by atoms with E-state index in [0.29, 0.717) is 25.6 Å². The van der Waals surface area contributed by atoms with E-state index in [1.807, 2.05) is 30.3 Å². The van der Waals surface area contributed by atoms with Gasteiger partial charge in [-0.25, -0.2) is 4.79 Å². The highest BCUT2D eigenvalue weighted by molar-refractivity contribution is 5.81. The van der Waals surface area contributed by atoms with E-state index in [2.05, 4.69) is 5.32 Å². The van der Waals surface area contributed by atoms with Crippen LogP contribution in [0.1, 0.15) is 12.0 Å². The number of carbonyl (C=O) groups excluding carboxylic acids is 2. The molecule has 5 heteroatoms. The second kappa shape index (κ2) is 5.53. The Balaban J connectivity index is 1.56. The van der Waals surface area contributed by atoms with E-state index in [1.165, 1.54) is 0 Å². The molecule has 2 heterocycles. The van der Waals surface area contributed by atoms with Gasteiger partial charge in [0.2, 0.25) is 5.91 Å². The maximum Gasteiger partial charge on any atom is 0.410 e. The maximum atomic E-state index is 12.1. The standard InChI is InChI=1S/C15H18N2O3/c18-14-13-6-12(7-16-14)8-17(9-13)15(19)20-10-11-4-2-1-3-5-11/h1-5,12-13H,6-10H2,(H,16,18)/t12?,13-/m0/s1. The Hall–Kier alpha value is -2.04. The number of fused-ring (bicyclic) bond motifs is 2. The van der Waals surface area contributed by atoms with Crippen molar-refractivity contribution in [1.29, 1.82) is 0 Å². The van der Waals surface area contributed by atoms with Crippen LogP contribution in [0.2, 0.25) is 0 Å². The molecule has 2 saturated heterocycles. The average molecular weight is 274 g/mol. The van der Waals surface area contributed by atoms with Crippen molar-refractivity contribution in [2.75, 3.05) is 19.6 Å². The summed E-state index contributed by atoms with van der Waals surface area (Å²) in [6, 6.07) is 9.60. The van der Waals surface area contributed by atoms with Crippen molar-refractivity contribution >= 4 is 12.0 Å². The third kappa shape index (κ3) is 2.76. The minimum atomic E-state index is -0.321. The number of piperidine rings is 2. The summed E-state index contributed by atoms with van der Waals surface area (Å²) in [6.07, 6.45) is 0.562. The lowest BCUT2D eigenvalue weighted by atomic mass is 9.85. The quantitative estimate of drug-likeness (QED) is 0.886. The second-order valence-electron chi connectivity index (χ2n) is 5.49. The molecule has 1 aromatic carbocycles. The molecule has 1 unspecified atom stereocenters. The van der Waals surface area contributed by atoms with E-state index in [4.69, 9.17) is 4.74 Å². The lowest BCUT2D eigenvalue weighted by Crippen LogP contribution is -2.55. The Kier molecular flexibility index (Phi) is 3.58. The molecule has 3 rings (SSSR count). The average Bonchev–Trinajstić information content (AvgIpc) is 2.50. The third-order valence-corrected chi connectivity index (χ3v) is 3.94. The predicted molar refractivity (Wildman–Crippen MR) is 72.8 cm³/mol. The molecular weight excluding hydrogens is 256 g/mol. The number of ether oxygens (including phenoxy) is 1. The highest BCUT2D eigenvalue weighted by Gasteiger charge is 2.37. The van der Waals surface area contributed by atoms with Gasteiger partial charge in [-0.2, -0.15) is 0 Å². The molecule has 2 bridgehead atoms. The van der Waals surface area contributed by atoms with Crippen molar-refractivity contribution in [1.82, 2.24) is 10.2 Å². The lowest BCUT2D eigenvalue weighted by Gasteiger charge is -2.40. The van der Waals surface area contributed by atoms with Gasteiger partial charge >= 0.3 is 6.09 Å². The Morgan fingerprint density at radius 1 is 1.30 bits per heavy atom. The third-order valence-electron chi connectivity index (χ3n) is 3.94. The molecule has 2 fully saturated rings. The normalized spacial score (nSPS) is 25.0. The van der Waals surface area contributed by atoms with E-state index in [9.17, 15) is 9.59 Å². The zero-order chi connectivity index (χ0) is 13.9. The Labute approximate surface area is 117 Å². The minimum Gasteiger partial charge on any atom is -0.445 e. The van der Waals surface area contributed by atoms with Crippen molar-refractivity contribution in [2.45, 2.75) is 13.0 Å². The molecule has 0 spiro atoms. The molecule has 0 radical (unpaired) electrons. The van der Waals surface area contributed by atoms with Gasteiger partial charge in [-0.3, -0.25) is 4.79 Å². The number of benzene rings is 1. The molecule has 2 atom stereocenters. The Bertz CT molecular complexity index is 503. The molecule has 2 aliphatic rings. The number of carbonyl (C=O) groups is 2. The first kappa shape index (κ1) is 13.0. The largest absolute Gasteiger partial charge is 0.445 e. The first-order valence-electron chi connectivity index (χ1n) is 6.95. The first-order chi connectivity index (χ1) is 9.72.